The van der Waals surface area contributed by atoms with Crippen molar-refractivity contribution in [2.45, 2.75) is 37.8 Å². The highest BCUT2D eigenvalue weighted by molar-refractivity contribution is 14.1. The highest BCUT2D eigenvalue weighted by Crippen LogP contribution is 2.31. The number of hydrogen-bond acceptors (Lipinski definition) is 2. The van der Waals surface area contributed by atoms with E-state index in [0.29, 0.717) is 6.04 Å². The summed E-state index contributed by atoms with van der Waals surface area (Å²) in [5, 5.41) is 4.54. The smallest absolute Gasteiger partial charge is 0.0479 e. The number of hydrogen-bond donors (Lipinski definition) is 1. The van der Waals surface area contributed by atoms with Crippen molar-refractivity contribution >= 4 is 39.9 Å². The molecule has 0 saturated carbocycles. The monoisotopic (exact) mass is 376 g/mol. The largest absolute Gasteiger partial charge is 0.380 e. The minimum Gasteiger partial charge on any atom is -0.380 e. The number of benzene rings is 1. The van der Waals surface area contributed by atoms with Crippen LogP contribution in [0.4, 0.5) is 5.69 Å². The van der Waals surface area contributed by atoms with E-state index in [1.807, 2.05) is 12.1 Å². The molecule has 2 heterocycles. The van der Waals surface area contributed by atoms with Crippen LogP contribution in [0.3, 0.4) is 0 Å². The number of anilines is 1. The van der Waals surface area contributed by atoms with Crippen molar-refractivity contribution in [3.63, 3.8) is 0 Å². The zero-order valence-corrected chi connectivity index (χ0v) is 13.2. The van der Waals surface area contributed by atoms with Gasteiger partial charge in [-0.05, 0) is 66.6 Å². The highest BCUT2D eigenvalue weighted by Gasteiger charge is 2.35. The lowest BCUT2D eigenvalue weighted by molar-refractivity contribution is 0.193. The summed E-state index contributed by atoms with van der Waals surface area (Å²) >= 11 is 8.36. The molecule has 0 aliphatic carbocycles. The van der Waals surface area contributed by atoms with Gasteiger partial charge in [0, 0.05) is 32.9 Å². The van der Waals surface area contributed by atoms with Gasteiger partial charge in [0.1, 0.15) is 0 Å². The van der Waals surface area contributed by atoms with Gasteiger partial charge in [-0.3, -0.25) is 4.90 Å². The fraction of sp³-hybridized carbons (Fsp3) is 0.571. The molecule has 18 heavy (non-hydrogen) atoms. The molecule has 0 radical (unpaired) electrons. The number of nitrogens with one attached hydrogen (secondary N) is 1. The first-order valence-corrected chi connectivity index (χ1v) is 8.15. The van der Waals surface area contributed by atoms with Gasteiger partial charge in [0.15, 0.2) is 0 Å². The van der Waals surface area contributed by atoms with Gasteiger partial charge in [-0.25, -0.2) is 0 Å². The van der Waals surface area contributed by atoms with Crippen LogP contribution in [0.2, 0.25) is 5.02 Å². The molecule has 2 saturated heterocycles. The molecule has 2 aliphatic heterocycles. The van der Waals surface area contributed by atoms with Crippen molar-refractivity contribution in [1.82, 2.24) is 4.90 Å². The summed E-state index contributed by atoms with van der Waals surface area (Å²) in [5.74, 6) is 0. The summed E-state index contributed by atoms with van der Waals surface area (Å²) in [6.07, 6.45) is 5.38. The number of halogens is 2. The molecular formula is C14H18ClIN2. The number of piperidine rings is 1. The van der Waals surface area contributed by atoms with Gasteiger partial charge >= 0.3 is 0 Å². The number of nitrogens with zero attached hydrogens (tertiary/aromatic N) is 1. The molecule has 2 aliphatic rings. The lowest BCUT2D eigenvalue weighted by Crippen LogP contribution is -2.41. The third-order valence-electron chi connectivity index (χ3n) is 4.13. The molecule has 1 aromatic rings. The molecule has 0 spiro atoms. The van der Waals surface area contributed by atoms with E-state index in [2.05, 4.69) is 38.9 Å². The zero-order valence-electron chi connectivity index (χ0n) is 10.3. The molecule has 1 N–H and O–H groups in total. The lowest BCUT2D eigenvalue weighted by Gasteiger charge is -2.33. The second-order valence-corrected chi connectivity index (χ2v) is 6.86. The molecule has 4 heteroatoms. The first-order valence-electron chi connectivity index (χ1n) is 6.70. The summed E-state index contributed by atoms with van der Waals surface area (Å²) in [4.78, 5) is 2.66. The Balaban J connectivity index is 1.72. The fourth-order valence-electron chi connectivity index (χ4n) is 3.22. The number of rotatable bonds is 2. The molecule has 2 unspecified atom stereocenters. The van der Waals surface area contributed by atoms with Crippen LogP contribution < -0.4 is 5.32 Å². The molecule has 3 rings (SSSR count). The SMILES string of the molecule is Clc1ccc(NC2CCN3CCCCC23)c(I)c1. The van der Waals surface area contributed by atoms with Gasteiger partial charge in [0.05, 0.1) is 0 Å². The van der Waals surface area contributed by atoms with E-state index in [-0.39, 0.29) is 0 Å². The van der Waals surface area contributed by atoms with Gasteiger partial charge in [-0.2, -0.15) is 0 Å². The first kappa shape index (κ1) is 13.0. The fourth-order valence-corrected chi connectivity index (χ4v) is 4.25. The third-order valence-corrected chi connectivity index (χ3v) is 5.26. The van der Waals surface area contributed by atoms with E-state index in [1.54, 1.807) is 0 Å². The van der Waals surface area contributed by atoms with Crippen LogP contribution in [-0.4, -0.2) is 30.1 Å². The van der Waals surface area contributed by atoms with E-state index >= 15 is 0 Å². The maximum atomic E-state index is 6.00. The average Bonchev–Trinajstić information content (AvgIpc) is 2.76. The highest BCUT2D eigenvalue weighted by atomic mass is 127. The van der Waals surface area contributed by atoms with E-state index in [9.17, 15) is 0 Å². The minimum absolute atomic E-state index is 0.611. The maximum Gasteiger partial charge on any atom is 0.0479 e. The summed E-state index contributed by atoms with van der Waals surface area (Å²) in [6.45, 7) is 2.55. The van der Waals surface area contributed by atoms with E-state index in [0.717, 1.165) is 11.1 Å². The molecule has 98 valence electrons. The van der Waals surface area contributed by atoms with Crippen molar-refractivity contribution in [2.24, 2.45) is 0 Å². The topological polar surface area (TPSA) is 15.3 Å². The maximum absolute atomic E-state index is 6.00. The Morgan fingerprint density at radius 1 is 1.22 bits per heavy atom. The van der Waals surface area contributed by atoms with Crippen LogP contribution in [0.25, 0.3) is 0 Å². The Kier molecular flexibility index (Phi) is 4.01. The van der Waals surface area contributed by atoms with E-state index in [1.165, 1.54) is 48.0 Å². The molecule has 0 amide bonds. The van der Waals surface area contributed by atoms with Crippen LogP contribution in [-0.2, 0) is 0 Å². The Labute approximate surface area is 127 Å². The van der Waals surface area contributed by atoms with Crippen LogP contribution in [0, 0.1) is 3.57 Å². The van der Waals surface area contributed by atoms with Gasteiger partial charge in [-0.15, -0.1) is 0 Å². The van der Waals surface area contributed by atoms with Gasteiger partial charge < -0.3 is 5.32 Å². The Bertz CT molecular complexity index is 438. The van der Waals surface area contributed by atoms with Gasteiger partial charge in [-0.1, -0.05) is 18.0 Å². The molecule has 2 atom stereocenters. The third kappa shape index (κ3) is 2.63. The first-order chi connectivity index (χ1) is 8.74. The quantitative estimate of drug-likeness (QED) is 0.785. The van der Waals surface area contributed by atoms with E-state index < -0.39 is 0 Å². The average molecular weight is 377 g/mol. The standard InChI is InChI=1S/C14H18ClIN2/c15-10-4-5-12(11(16)9-10)17-13-6-8-18-7-2-1-3-14(13)18/h4-5,9,13-14,17H,1-3,6-8H2. The summed E-state index contributed by atoms with van der Waals surface area (Å²) in [7, 11) is 0. The molecular weight excluding hydrogens is 359 g/mol. The van der Waals surface area contributed by atoms with Crippen LogP contribution in [0.1, 0.15) is 25.7 Å². The van der Waals surface area contributed by atoms with Crippen molar-refractivity contribution in [2.75, 3.05) is 18.4 Å². The summed E-state index contributed by atoms with van der Waals surface area (Å²) < 4.78 is 1.22. The predicted molar refractivity (Wildman–Crippen MR) is 85.4 cm³/mol. The van der Waals surface area contributed by atoms with Crippen molar-refractivity contribution in [1.29, 1.82) is 0 Å². The Morgan fingerprint density at radius 2 is 2.11 bits per heavy atom. The molecule has 2 nitrogen and oxygen atoms in total. The molecule has 0 bridgehead atoms. The normalized spacial score (nSPS) is 28.1. The van der Waals surface area contributed by atoms with Gasteiger partial charge in [0.2, 0.25) is 0 Å². The molecule has 1 aromatic carbocycles. The van der Waals surface area contributed by atoms with Crippen LogP contribution in [0.15, 0.2) is 18.2 Å². The molecule has 0 aromatic heterocycles. The minimum atomic E-state index is 0.611. The van der Waals surface area contributed by atoms with Gasteiger partial charge in [0.25, 0.3) is 0 Å². The lowest BCUT2D eigenvalue weighted by atomic mass is 9.99. The Morgan fingerprint density at radius 3 is 2.94 bits per heavy atom. The number of fused-ring (bicyclic) bond motifs is 1. The van der Waals surface area contributed by atoms with Crippen molar-refractivity contribution in [3.05, 3.63) is 26.8 Å². The van der Waals surface area contributed by atoms with Crippen LogP contribution >= 0.6 is 34.2 Å². The van der Waals surface area contributed by atoms with Crippen molar-refractivity contribution < 1.29 is 0 Å². The summed E-state index contributed by atoms with van der Waals surface area (Å²) in [6, 6.07) is 7.46. The van der Waals surface area contributed by atoms with Crippen LogP contribution in [0.5, 0.6) is 0 Å². The second kappa shape index (κ2) is 5.55. The van der Waals surface area contributed by atoms with Crippen molar-refractivity contribution in [3.8, 4) is 0 Å². The van der Waals surface area contributed by atoms with E-state index in [4.69, 9.17) is 11.6 Å². The second-order valence-electron chi connectivity index (χ2n) is 5.26. The zero-order chi connectivity index (χ0) is 12.5. The molecule has 2 fully saturated rings. The Hall–Kier alpha value is -0.000000000000000111. The predicted octanol–water partition coefficient (Wildman–Crippen LogP) is 3.98. The summed E-state index contributed by atoms with van der Waals surface area (Å²) in [5.41, 5.74) is 1.23.